The third-order valence-corrected chi connectivity index (χ3v) is 2.76. The van der Waals surface area contributed by atoms with Crippen molar-refractivity contribution in [2.45, 2.75) is 33.3 Å². The van der Waals surface area contributed by atoms with Gasteiger partial charge in [-0.15, -0.1) is 0 Å². The van der Waals surface area contributed by atoms with E-state index in [0.29, 0.717) is 0 Å². The highest BCUT2D eigenvalue weighted by atomic mass is 16.5. The molecule has 0 aromatic heterocycles. The SMILES string of the molecule is CC(=O)CC(CC(=O)OCc1ccccc1)C(C)=O. The summed E-state index contributed by atoms with van der Waals surface area (Å²) in [5.74, 6) is -1.28. The normalized spacial score (nSPS) is 11.7. The smallest absolute Gasteiger partial charge is 0.306 e. The van der Waals surface area contributed by atoms with Crippen LogP contribution in [0.25, 0.3) is 0 Å². The van der Waals surface area contributed by atoms with E-state index in [2.05, 4.69) is 0 Å². The zero-order valence-electron chi connectivity index (χ0n) is 11.2. The zero-order chi connectivity index (χ0) is 14.3. The minimum Gasteiger partial charge on any atom is -0.461 e. The van der Waals surface area contributed by atoms with E-state index in [1.165, 1.54) is 13.8 Å². The quantitative estimate of drug-likeness (QED) is 0.707. The van der Waals surface area contributed by atoms with Crippen molar-refractivity contribution in [2.75, 3.05) is 0 Å². The molecule has 0 radical (unpaired) electrons. The summed E-state index contributed by atoms with van der Waals surface area (Å²) in [6.07, 6.45) is 0.0531. The molecule has 1 atom stereocenters. The molecule has 1 rings (SSSR count). The molecule has 0 bridgehead atoms. The number of ketones is 2. The Hall–Kier alpha value is -1.97. The lowest BCUT2D eigenvalue weighted by molar-refractivity contribution is -0.147. The molecule has 1 aromatic carbocycles. The van der Waals surface area contributed by atoms with E-state index in [-0.39, 0.29) is 31.0 Å². The van der Waals surface area contributed by atoms with Gasteiger partial charge in [0.1, 0.15) is 18.2 Å². The molecule has 102 valence electrons. The highest BCUT2D eigenvalue weighted by molar-refractivity contribution is 5.88. The minimum atomic E-state index is -0.569. The molecule has 0 amide bonds. The topological polar surface area (TPSA) is 60.4 Å². The minimum absolute atomic E-state index is 0.0399. The summed E-state index contributed by atoms with van der Waals surface area (Å²) in [6, 6.07) is 9.30. The van der Waals surface area contributed by atoms with Gasteiger partial charge in [0.05, 0.1) is 6.42 Å². The second-order valence-corrected chi connectivity index (χ2v) is 4.56. The van der Waals surface area contributed by atoms with Crippen LogP contribution < -0.4 is 0 Å². The lowest BCUT2D eigenvalue weighted by Gasteiger charge is -2.11. The van der Waals surface area contributed by atoms with Crippen molar-refractivity contribution in [1.82, 2.24) is 0 Å². The van der Waals surface area contributed by atoms with E-state index in [1.54, 1.807) is 0 Å². The van der Waals surface area contributed by atoms with Gasteiger partial charge in [-0.05, 0) is 19.4 Å². The third kappa shape index (κ3) is 5.95. The molecule has 0 aliphatic rings. The van der Waals surface area contributed by atoms with Gasteiger partial charge >= 0.3 is 5.97 Å². The molecule has 19 heavy (non-hydrogen) atoms. The summed E-state index contributed by atoms with van der Waals surface area (Å²) in [5, 5.41) is 0. The molecule has 4 nitrogen and oxygen atoms in total. The van der Waals surface area contributed by atoms with Crippen molar-refractivity contribution in [2.24, 2.45) is 5.92 Å². The number of benzene rings is 1. The third-order valence-electron chi connectivity index (χ3n) is 2.76. The fraction of sp³-hybridized carbons (Fsp3) is 0.400. The molecule has 0 fully saturated rings. The van der Waals surface area contributed by atoms with Gasteiger partial charge in [-0.25, -0.2) is 0 Å². The van der Waals surface area contributed by atoms with Crippen LogP contribution in [0.1, 0.15) is 32.3 Å². The second-order valence-electron chi connectivity index (χ2n) is 4.56. The van der Waals surface area contributed by atoms with Gasteiger partial charge in [0.25, 0.3) is 0 Å². The fourth-order valence-electron chi connectivity index (χ4n) is 1.70. The number of carbonyl (C=O) groups is 3. The van der Waals surface area contributed by atoms with Crippen LogP contribution in [0.5, 0.6) is 0 Å². The summed E-state index contributed by atoms with van der Waals surface area (Å²) < 4.78 is 5.09. The Labute approximate surface area is 112 Å². The monoisotopic (exact) mass is 262 g/mol. The van der Waals surface area contributed by atoms with Gasteiger partial charge in [0.15, 0.2) is 0 Å². The van der Waals surface area contributed by atoms with Crippen LogP contribution in [0.15, 0.2) is 30.3 Å². The molecule has 0 spiro atoms. The number of hydrogen-bond acceptors (Lipinski definition) is 4. The molecule has 0 aliphatic heterocycles. The number of hydrogen-bond donors (Lipinski definition) is 0. The maximum absolute atomic E-state index is 11.6. The Morgan fingerprint density at radius 3 is 2.21 bits per heavy atom. The zero-order valence-corrected chi connectivity index (χ0v) is 11.2. The van der Waals surface area contributed by atoms with E-state index in [9.17, 15) is 14.4 Å². The Morgan fingerprint density at radius 2 is 1.68 bits per heavy atom. The molecular weight excluding hydrogens is 244 g/mol. The average Bonchev–Trinajstić information content (AvgIpc) is 2.36. The van der Waals surface area contributed by atoms with Crippen LogP contribution in [-0.2, 0) is 25.7 Å². The predicted octanol–water partition coefficient (Wildman–Crippen LogP) is 2.30. The van der Waals surface area contributed by atoms with E-state index in [0.717, 1.165) is 5.56 Å². The van der Waals surface area contributed by atoms with Crippen molar-refractivity contribution in [3.8, 4) is 0 Å². The number of ether oxygens (including phenoxy) is 1. The maximum Gasteiger partial charge on any atom is 0.306 e. The first kappa shape index (κ1) is 15.1. The van der Waals surface area contributed by atoms with Crippen LogP contribution >= 0.6 is 0 Å². The highest BCUT2D eigenvalue weighted by Gasteiger charge is 2.21. The molecule has 0 heterocycles. The number of carbonyl (C=O) groups excluding carboxylic acids is 3. The first-order chi connectivity index (χ1) is 8.99. The van der Waals surface area contributed by atoms with E-state index < -0.39 is 11.9 Å². The Balaban J connectivity index is 2.45. The van der Waals surface area contributed by atoms with Gasteiger partial charge in [0, 0.05) is 12.3 Å². The molecular formula is C15H18O4. The lowest BCUT2D eigenvalue weighted by Crippen LogP contribution is -2.20. The van der Waals surface area contributed by atoms with Crippen molar-refractivity contribution >= 4 is 17.5 Å². The molecule has 0 aliphatic carbocycles. The first-order valence-corrected chi connectivity index (χ1v) is 6.18. The van der Waals surface area contributed by atoms with Crippen LogP contribution in [0.2, 0.25) is 0 Å². The van der Waals surface area contributed by atoms with E-state index >= 15 is 0 Å². The summed E-state index contributed by atoms with van der Waals surface area (Å²) in [7, 11) is 0. The molecule has 0 saturated carbocycles. The molecule has 1 unspecified atom stereocenters. The Bertz CT molecular complexity index is 450. The number of rotatable bonds is 7. The first-order valence-electron chi connectivity index (χ1n) is 6.18. The fourth-order valence-corrected chi connectivity index (χ4v) is 1.70. The van der Waals surface area contributed by atoms with E-state index in [1.807, 2.05) is 30.3 Å². The van der Waals surface area contributed by atoms with Gasteiger partial charge in [-0.2, -0.15) is 0 Å². The Kier molecular flexibility index (Phi) is 5.93. The molecule has 1 aromatic rings. The molecule has 0 N–H and O–H groups in total. The highest BCUT2D eigenvalue weighted by Crippen LogP contribution is 2.12. The van der Waals surface area contributed by atoms with Crippen molar-refractivity contribution in [1.29, 1.82) is 0 Å². The van der Waals surface area contributed by atoms with Crippen LogP contribution in [-0.4, -0.2) is 17.5 Å². The molecule has 0 saturated heterocycles. The van der Waals surface area contributed by atoms with Crippen molar-refractivity contribution in [3.05, 3.63) is 35.9 Å². The van der Waals surface area contributed by atoms with Crippen LogP contribution in [0, 0.1) is 5.92 Å². The maximum atomic E-state index is 11.6. The van der Waals surface area contributed by atoms with Gasteiger partial charge in [-0.1, -0.05) is 30.3 Å². The van der Waals surface area contributed by atoms with Gasteiger partial charge in [0.2, 0.25) is 0 Å². The van der Waals surface area contributed by atoms with Gasteiger partial charge in [-0.3, -0.25) is 9.59 Å². The summed E-state index contributed by atoms with van der Waals surface area (Å²) in [6.45, 7) is 2.98. The summed E-state index contributed by atoms with van der Waals surface area (Å²) >= 11 is 0. The second kappa shape index (κ2) is 7.46. The number of Topliss-reactive ketones (excluding diaryl/α,β-unsaturated/α-hetero) is 2. The standard InChI is InChI=1S/C15H18O4/c1-11(16)8-14(12(2)17)9-15(18)19-10-13-6-4-3-5-7-13/h3-7,14H,8-10H2,1-2H3. The van der Waals surface area contributed by atoms with Crippen molar-refractivity contribution in [3.63, 3.8) is 0 Å². The van der Waals surface area contributed by atoms with Crippen molar-refractivity contribution < 1.29 is 19.1 Å². The van der Waals surface area contributed by atoms with Crippen LogP contribution in [0.4, 0.5) is 0 Å². The summed E-state index contributed by atoms with van der Waals surface area (Å²) in [5.41, 5.74) is 0.891. The Morgan fingerprint density at radius 1 is 1.05 bits per heavy atom. The predicted molar refractivity (Wildman–Crippen MR) is 70.3 cm³/mol. The van der Waals surface area contributed by atoms with E-state index in [4.69, 9.17) is 4.74 Å². The van der Waals surface area contributed by atoms with Crippen LogP contribution in [0.3, 0.4) is 0 Å². The summed E-state index contributed by atoms with van der Waals surface area (Å²) in [4.78, 5) is 34.0. The number of esters is 1. The lowest BCUT2D eigenvalue weighted by atomic mass is 9.95. The average molecular weight is 262 g/mol. The molecule has 4 heteroatoms. The largest absolute Gasteiger partial charge is 0.461 e. The van der Waals surface area contributed by atoms with Gasteiger partial charge < -0.3 is 9.53 Å².